The summed E-state index contributed by atoms with van der Waals surface area (Å²) in [6.07, 6.45) is 3.23. The second-order valence-electron chi connectivity index (χ2n) is 4.43. The van der Waals surface area contributed by atoms with Crippen molar-refractivity contribution >= 4 is 21.4 Å². The molecule has 0 radical (unpaired) electrons. The summed E-state index contributed by atoms with van der Waals surface area (Å²) in [5, 5.41) is 7.70. The third-order valence-electron chi connectivity index (χ3n) is 2.77. The average molecular weight is 336 g/mol. The minimum absolute atomic E-state index is 0.0630. The van der Waals surface area contributed by atoms with Crippen LogP contribution in [-0.4, -0.2) is 23.6 Å². The molecule has 0 aliphatic rings. The number of rotatable bonds is 5. The Kier molecular flexibility index (Phi) is 4.01. The fourth-order valence-corrected chi connectivity index (χ4v) is 4.02. The van der Waals surface area contributed by atoms with Crippen molar-refractivity contribution in [3.8, 4) is 11.5 Å². The highest BCUT2D eigenvalue weighted by Gasteiger charge is 2.17. The first-order valence-electron chi connectivity index (χ1n) is 6.33. The van der Waals surface area contributed by atoms with E-state index in [-0.39, 0.29) is 16.6 Å². The number of nitrogens with zero attached hydrogens (tertiary/aromatic N) is 3. The summed E-state index contributed by atoms with van der Waals surface area (Å²) in [6, 6.07) is 6.85. The molecule has 0 spiro atoms. The molecule has 0 fully saturated rings. The second-order valence-corrected chi connectivity index (χ2v) is 7.71. The third kappa shape index (κ3) is 3.21. The summed E-state index contributed by atoms with van der Waals surface area (Å²) in [5.74, 6) is 0.491. The third-order valence-corrected chi connectivity index (χ3v) is 5.66. The molecule has 0 saturated carbocycles. The Morgan fingerprint density at radius 2 is 2.14 bits per heavy atom. The first kappa shape index (κ1) is 14.8. The summed E-state index contributed by atoms with van der Waals surface area (Å²) in [5.41, 5.74) is 0.679. The highest BCUT2D eigenvalue weighted by Crippen LogP contribution is 2.21. The van der Waals surface area contributed by atoms with Crippen molar-refractivity contribution in [2.24, 2.45) is 0 Å². The number of sulfonamides is 1. The van der Waals surface area contributed by atoms with Crippen molar-refractivity contribution in [2.45, 2.75) is 17.7 Å². The predicted octanol–water partition coefficient (Wildman–Crippen LogP) is 1.98. The summed E-state index contributed by atoms with van der Waals surface area (Å²) in [6.45, 7) is 1.79. The monoisotopic (exact) mass is 336 g/mol. The van der Waals surface area contributed by atoms with Crippen LogP contribution in [0.3, 0.4) is 0 Å². The van der Waals surface area contributed by atoms with Gasteiger partial charge in [-0.15, -0.1) is 21.5 Å². The van der Waals surface area contributed by atoms with Gasteiger partial charge < -0.3 is 4.42 Å². The van der Waals surface area contributed by atoms with Crippen LogP contribution >= 0.6 is 11.3 Å². The molecule has 0 aliphatic carbocycles. The van der Waals surface area contributed by atoms with E-state index < -0.39 is 10.0 Å². The first-order valence-corrected chi connectivity index (χ1v) is 8.63. The lowest BCUT2D eigenvalue weighted by Crippen LogP contribution is -2.22. The van der Waals surface area contributed by atoms with E-state index in [1.807, 2.05) is 6.92 Å². The molecule has 0 saturated heterocycles. The summed E-state index contributed by atoms with van der Waals surface area (Å²) in [4.78, 5) is 4.89. The van der Waals surface area contributed by atoms with E-state index in [2.05, 4.69) is 19.9 Å². The van der Waals surface area contributed by atoms with Crippen molar-refractivity contribution in [3.05, 3.63) is 47.4 Å². The van der Waals surface area contributed by atoms with Crippen LogP contribution in [0.5, 0.6) is 0 Å². The first-order chi connectivity index (χ1) is 10.5. The molecule has 3 heterocycles. The van der Waals surface area contributed by atoms with Crippen LogP contribution < -0.4 is 4.72 Å². The van der Waals surface area contributed by atoms with Gasteiger partial charge in [-0.05, 0) is 31.2 Å². The lowest BCUT2D eigenvalue weighted by Gasteiger charge is -2.01. The van der Waals surface area contributed by atoms with E-state index in [9.17, 15) is 8.42 Å². The van der Waals surface area contributed by atoms with Gasteiger partial charge in [-0.2, -0.15) is 0 Å². The standard InChI is InChI=1S/C13H12N4O3S2/c1-9-4-5-12(21-9)22(18,19)15-8-11-16-17-13(20-11)10-3-2-6-14-7-10/h2-7,15H,8H2,1H3. The van der Waals surface area contributed by atoms with Crippen molar-refractivity contribution in [1.82, 2.24) is 19.9 Å². The summed E-state index contributed by atoms with van der Waals surface area (Å²) < 4.78 is 32.3. The van der Waals surface area contributed by atoms with Crippen LogP contribution in [0.25, 0.3) is 11.5 Å². The Morgan fingerprint density at radius 1 is 1.27 bits per heavy atom. The smallest absolute Gasteiger partial charge is 0.250 e. The second kappa shape index (κ2) is 5.95. The van der Waals surface area contributed by atoms with E-state index in [1.165, 1.54) is 11.3 Å². The van der Waals surface area contributed by atoms with Gasteiger partial charge in [0.25, 0.3) is 10.0 Å². The zero-order valence-electron chi connectivity index (χ0n) is 11.6. The van der Waals surface area contributed by atoms with Crippen LogP contribution in [0, 0.1) is 6.92 Å². The summed E-state index contributed by atoms with van der Waals surface area (Å²) >= 11 is 1.21. The Hall–Kier alpha value is -2.10. The topological polar surface area (TPSA) is 98.0 Å². The Bertz CT molecular complexity index is 872. The molecular weight excluding hydrogens is 324 g/mol. The molecule has 7 nitrogen and oxygen atoms in total. The number of hydrogen-bond donors (Lipinski definition) is 1. The van der Waals surface area contributed by atoms with Crippen molar-refractivity contribution in [3.63, 3.8) is 0 Å². The van der Waals surface area contributed by atoms with Gasteiger partial charge in [0.2, 0.25) is 11.8 Å². The highest BCUT2D eigenvalue weighted by molar-refractivity contribution is 7.91. The minimum Gasteiger partial charge on any atom is -0.419 e. The largest absolute Gasteiger partial charge is 0.419 e. The molecule has 22 heavy (non-hydrogen) atoms. The number of aryl methyl sites for hydroxylation is 1. The Morgan fingerprint density at radius 3 is 2.82 bits per heavy atom. The molecular formula is C13H12N4O3S2. The maximum atomic E-state index is 12.1. The SMILES string of the molecule is Cc1ccc(S(=O)(=O)NCc2nnc(-c3cccnc3)o2)s1. The molecule has 1 N–H and O–H groups in total. The molecule has 0 aromatic carbocycles. The number of thiophene rings is 1. The maximum absolute atomic E-state index is 12.1. The van der Waals surface area contributed by atoms with Gasteiger partial charge in [0.05, 0.1) is 12.1 Å². The van der Waals surface area contributed by atoms with Gasteiger partial charge in [-0.3, -0.25) is 4.98 Å². The van der Waals surface area contributed by atoms with Gasteiger partial charge in [0, 0.05) is 17.3 Å². The van der Waals surface area contributed by atoms with Crippen LogP contribution in [0.2, 0.25) is 0 Å². The Balaban J connectivity index is 1.71. The lowest BCUT2D eigenvalue weighted by molar-refractivity contribution is 0.494. The van der Waals surface area contributed by atoms with E-state index in [4.69, 9.17) is 4.42 Å². The van der Waals surface area contributed by atoms with Crippen LogP contribution in [0.4, 0.5) is 0 Å². The molecule has 0 bridgehead atoms. The van der Waals surface area contributed by atoms with Crippen LogP contribution in [-0.2, 0) is 16.6 Å². The molecule has 0 atom stereocenters. The van der Waals surface area contributed by atoms with Crippen LogP contribution in [0.15, 0.2) is 45.3 Å². The minimum atomic E-state index is -3.56. The van der Waals surface area contributed by atoms with Crippen molar-refractivity contribution in [1.29, 1.82) is 0 Å². The molecule has 0 aliphatic heterocycles. The maximum Gasteiger partial charge on any atom is 0.250 e. The average Bonchev–Trinajstić information content (AvgIpc) is 3.15. The van der Waals surface area contributed by atoms with E-state index in [0.29, 0.717) is 11.5 Å². The number of aromatic nitrogens is 3. The van der Waals surface area contributed by atoms with E-state index in [1.54, 1.807) is 36.7 Å². The van der Waals surface area contributed by atoms with Crippen molar-refractivity contribution in [2.75, 3.05) is 0 Å². The van der Waals surface area contributed by atoms with Crippen LogP contribution in [0.1, 0.15) is 10.8 Å². The van der Waals surface area contributed by atoms with Gasteiger partial charge in [-0.25, -0.2) is 13.1 Å². The normalized spacial score (nSPS) is 11.7. The summed E-state index contributed by atoms with van der Waals surface area (Å²) in [7, 11) is -3.56. The highest BCUT2D eigenvalue weighted by atomic mass is 32.2. The molecule has 9 heteroatoms. The Labute approximate surface area is 131 Å². The molecule has 3 aromatic rings. The fourth-order valence-electron chi connectivity index (χ4n) is 1.72. The molecule has 114 valence electrons. The molecule has 3 rings (SSSR count). The quantitative estimate of drug-likeness (QED) is 0.765. The fraction of sp³-hybridized carbons (Fsp3) is 0.154. The number of hydrogen-bond acceptors (Lipinski definition) is 7. The molecule has 3 aromatic heterocycles. The van der Waals surface area contributed by atoms with Gasteiger partial charge in [0.15, 0.2) is 0 Å². The van der Waals surface area contributed by atoms with Gasteiger partial charge >= 0.3 is 0 Å². The van der Waals surface area contributed by atoms with Crippen molar-refractivity contribution < 1.29 is 12.8 Å². The number of pyridine rings is 1. The van der Waals surface area contributed by atoms with E-state index in [0.717, 1.165) is 4.88 Å². The van der Waals surface area contributed by atoms with Gasteiger partial charge in [-0.1, -0.05) is 0 Å². The van der Waals surface area contributed by atoms with Gasteiger partial charge in [0.1, 0.15) is 4.21 Å². The van der Waals surface area contributed by atoms with E-state index >= 15 is 0 Å². The molecule has 0 unspecified atom stereocenters. The number of nitrogens with one attached hydrogen (secondary N) is 1. The molecule has 0 amide bonds. The lowest BCUT2D eigenvalue weighted by atomic mass is 10.3. The zero-order valence-corrected chi connectivity index (χ0v) is 13.2. The zero-order chi connectivity index (χ0) is 15.6. The predicted molar refractivity (Wildman–Crippen MR) is 80.6 cm³/mol.